The molecule has 0 radical (unpaired) electrons. The molecule has 7 heteroatoms. The molecule has 0 bridgehead atoms. The minimum Gasteiger partial charge on any atom is -0.370 e. The Bertz CT molecular complexity index is 454. The minimum absolute atomic E-state index is 0. The fourth-order valence-corrected chi connectivity index (χ4v) is 2.49. The highest BCUT2D eigenvalue weighted by Crippen LogP contribution is 2.14. The van der Waals surface area contributed by atoms with Gasteiger partial charge in [-0.25, -0.2) is 14.7 Å². The van der Waals surface area contributed by atoms with E-state index in [9.17, 15) is 0 Å². The number of guanidine groups is 1. The lowest BCUT2D eigenvalue weighted by Crippen LogP contribution is -2.38. The number of hydrogen-bond acceptors (Lipinski definition) is 3. The molecule has 120 valence electrons. The topological polar surface area (TPSA) is 72.3 Å². The van der Waals surface area contributed by atoms with Gasteiger partial charge in [-0.15, -0.1) is 24.0 Å². The van der Waals surface area contributed by atoms with E-state index in [2.05, 4.69) is 40.7 Å². The maximum atomic E-state index is 6.11. The highest BCUT2D eigenvalue weighted by Gasteiger charge is 2.18. The summed E-state index contributed by atoms with van der Waals surface area (Å²) in [5.41, 5.74) is 6.03. The third-order valence-corrected chi connectivity index (χ3v) is 3.57. The zero-order valence-electron chi connectivity index (χ0n) is 13.2. The molecule has 1 fully saturated rings. The second-order valence-corrected chi connectivity index (χ2v) is 6.33. The molecule has 0 atom stereocenters. The summed E-state index contributed by atoms with van der Waals surface area (Å²) in [5, 5.41) is 4.27. The largest absolute Gasteiger partial charge is 0.370 e. The maximum absolute atomic E-state index is 6.11. The molecule has 2 heterocycles. The van der Waals surface area contributed by atoms with Crippen LogP contribution in [0.1, 0.15) is 52.3 Å². The Hall–Kier alpha value is -0.860. The van der Waals surface area contributed by atoms with Crippen LogP contribution < -0.4 is 5.73 Å². The van der Waals surface area contributed by atoms with E-state index >= 15 is 0 Å². The van der Waals surface area contributed by atoms with Crippen LogP contribution in [-0.4, -0.2) is 38.7 Å². The first-order valence-corrected chi connectivity index (χ1v) is 7.43. The molecule has 0 spiro atoms. The molecule has 1 saturated heterocycles. The normalized spacial score (nSPS) is 17.3. The predicted molar refractivity (Wildman–Crippen MR) is 95.8 cm³/mol. The number of hydrogen-bond donors (Lipinski definition) is 1. The summed E-state index contributed by atoms with van der Waals surface area (Å²) < 4.78 is 1.91. The molecule has 0 saturated carbocycles. The second kappa shape index (κ2) is 7.95. The SMILES string of the molecule is CC(C)(C)n1ncnc1CN=C(N)N1CCCCCC1.I. The van der Waals surface area contributed by atoms with Gasteiger partial charge in [0.15, 0.2) is 5.96 Å². The predicted octanol–water partition coefficient (Wildman–Crippen LogP) is 2.34. The summed E-state index contributed by atoms with van der Waals surface area (Å²) in [6.07, 6.45) is 6.57. The molecule has 1 aromatic heterocycles. The van der Waals surface area contributed by atoms with Crippen LogP contribution >= 0.6 is 24.0 Å². The molecule has 0 aliphatic carbocycles. The van der Waals surface area contributed by atoms with Gasteiger partial charge in [-0.1, -0.05) is 12.8 Å². The van der Waals surface area contributed by atoms with Crippen LogP contribution in [0.4, 0.5) is 0 Å². The van der Waals surface area contributed by atoms with Gasteiger partial charge in [0, 0.05) is 13.1 Å². The van der Waals surface area contributed by atoms with Crippen LogP contribution in [0.25, 0.3) is 0 Å². The summed E-state index contributed by atoms with van der Waals surface area (Å²) in [6, 6.07) is 0. The number of rotatable bonds is 2. The molecule has 1 aliphatic heterocycles. The van der Waals surface area contributed by atoms with E-state index in [1.54, 1.807) is 6.33 Å². The summed E-state index contributed by atoms with van der Waals surface area (Å²) in [6.45, 7) is 8.83. The van der Waals surface area contributed by atoms with Crippen molar-refractivity contribution in [2.24, 2.45) is 10.7 Å². The standard InChI is InChI=1S/C14H26N6.HI/c1-14(2,3)20-12(17-11-18-20)10-16-13(15)19-8-6-4-5-7-9-19;/h11H,4-10H2,1-3H3,(H2,15,16);1H. The minimum atomic E-state index is -0.0846. The monoisotopic (exact) mass is 406 g/mol. The number of nitrogens with two attached hydrogens (primary N) is 1. The highest BCUT2D eigenvalue weighted by molar-refractivity contribution is 14.0. The number of likely N-dealkylation sites (tertiary alicyclic amines) is 1. The number of aliphatic imine (C=N–C) groups is 1. The van der Waals surface area contributed by atoms with E-state index in [-0.39, 0.29) is 29.5 Å². The average Bonchev–Trinajstić information content (AvgIpc) is 2.70. The van der Waals surface area contributed by atoms with Crippen LogP contribution in [0.2, 0.25) is 0 Å². The Labute approximate surface area is 144 Å². The molecule has 2 N–H and O–H groups in total. The van der Waals surface area contributed by atoms with Crippen molar-refractivity contribution in [1.82, 2.24) is 19.7 Å². The van der Waals surface area contributed by atoms with Gasteiger partial charge in [0.25, 0.3) is 0 Å². The highest BCUT2D eigenvalue weighted by atomic mass is 127. The molecule has 1 aromatic rings. The van der Waals surface area contributed by atoms with Crippen LogP contribution in [-0.2, 0) is 12.1 Å². The quantitative estimate of drug-likeness (QED) is 0.465. The molecule has 6 nitrogen and oxygen atoms in total. The lowest BCUT2D eigenvalue weighted by Gasteiger charge is -2.22. The molecule has 2 rings (SSSR count). The number of aromatic nitrogens is 3. The fraction of sp³-hybridized carbons (Fsp3) is 0.786. The Kier molecular flexibility index (Phi) is 6.89. The Morgan fingerprint density at radius 2 is 1.86 bits per heavy atom. The van der Waals surface area contributed by atoms with Crippen LogP contribution in [0, 0.1) is 0 Å². The molecular weight excluding hydrogens is 379 g/mol. The van der Waals surface area contributed by atoms with Crippen molar-refractivity contribution in [1.29, 1.82) is 0 Å². The lowest BCUT2D eigenvalue weighted by molar-refractivity contribution is 0.341. The van der Waals surface area contributed by atoms with E-state index in [1.165, 1.54) is 25.7 Å². The van der Waals surface area contributed by atoms with Crippen molar-refractivity contribution in [3.8, 4) is 0 Å². The first-order valence-electron chi connectivity index (χ1n) is 7.43. The van der Waals surface area contributed by atoms with Crippen molar-refractivity contribution in [3.63, 3.8) is 0 Å². The van der Waals surface area contributed by atoms with E-state index in [4.69, 9.17) is 5.73 Å². The molecule has 0 amide bonds. The summed E-state index contributed by atoms with van der Waals surface area (Å²) in [5.74, 6) is 1.49. The summed E-state index contributed by atoms with van der Waals surface area (Å²) in [4.78, 5) is 11.0. The number of halogens is 1. The average molecular weight is 406 g/mol. The van der Waals surface area contributed by atoms with Gasteiger partial charge in [-0.2, -0.15) is 5.10 Å². The van der Waals surface area contributed by atoms with Crippen molar-refractivity contribution in [3.05, 3.63) is 12.2 Å². The van der Waals surface area contributed by atoms with Crippen molar-refractivity contribution < 1.29 is 0 Å². The van der Waals surface area contributed by atoms with Crippen LogP contribution in [0.15, 0.2) is 11.3 Å². The van der Waals surface area contributed by atoms with Crippen molar-refractivity contribution in [2.75, 3.05) is 13.1 Å². The first-order chi connectivity index (χ1) is 9.48. The summed E-state index contributed by atoms with van der Waals surface area (Å²) >= 11 is 0. The number of nitrogens with zero attached hydrogens (tertiary/aromatic N) is 5. The van der Waals surface area contributed by atoms with Gasteiger partial charge in [-0.3, -0.25) is 0 Å². The smallest absolute Gasteiger partial charge is 0.191 e. The van der Waals surface area contributed by atoms with Gasteiger partial charge in [0.2, 0.25) is 0 Å². The molecule has 21 heavy (non-hydrogen) atoms. The van der Waals surface area contributed by atoms with Gasteiger partial charge in [0.05, 0.1) is 5.54 Å². The van der Waals surface area contributed by atoms with Gasteiger partial charge >= 0.3 is 0 Å². The van der Waals surface area contributed by atoms with E-state index in [0.29, 0.717) is 12.5 Å². The molecule has 1 aliphatic rings. The zero-order chi connectivity index (χ0) is 14.6. The lowest BCUT2D eigenvalue weighted by atomic mass is 10.1. The van der Waals surface area contributed by atoms with Crippen molar-refractivity contribution in [2.45, 2.75) is 58.5 Å². The fourth-order valence-electron chi connectivity index (χ4n) is 2.49. The Morgan fingerprint density at radius 1 is 1.24 bits per heavy atom. The third kappa shape index (κ3) is 5.12. The Balaban J connectivity index is 0.00000220. The van der Waals surface area contributed by atoms with E-state index < -0.39 is 0 Å². The molecule has 0 aromatic carbocycles. The van der Waals surface area contributed by atoms with Gasteiger partial charge in [-0.05, 0) is 33.6 Å². The van der Waals surface area contributed by atoms with Gasteiger partial charge in [0.1, 0.15) is 18.7 Å². The zero-order valence-corrected chi connectivity index (χ0v) is 15.6. The summed E-state index contributed by atoms with van der Waals surface area (Å²) in [7, 11) is 0. The maximum Gasteiger partial charge on any atom is 0.191 e. The first kappa shape index (κ1) is 18.2. The third-order valence-electron chi connectivity index (χ3n) is 3.57. The Morgan fingerprint density at radius 3 is 2.43 bits per heavy atom. The van der Waals surface area contributed by atoms with Crippen LogP contribution in [0.3, 0.4) is 0 Å². The van der Waals surface area contributed by atoms with E-state index in [1.807, 2.05) is 4.68 Å². The van der Waals surface area contributed by atoms with E-state index in [0.717, 1.165) is 18.9 Å². The molecule has 0 unspecified atom stereocenters. The van der Waals surface area contributed by atoms with Gasteiger partial charge < -0.3 is 10.6 Å². The van der Waals surface area contributed by atoms with Crippen LogP contribution in [0.5, 0.6) is 0 Å². The van der Waals surface area contributed by atoms with Crippen molar-refractivity contribution >= 4 is 29.9 Å². The second-order valence-electron chi connectivity index (χ2n) is 6.33. The molecular formula is C14H27IN6.